The molecule has 26 heavy (non-hydrogen) atoms. The maximum absolute atomic E-state index is 12.6. The zero-order chi connectivity index (χ0) is 18.8. The third-order valence-electron chi connectivity index (χ3n) is 5.25. The number of hydrogen-bond donors (Lipinski definition) is 1. The molecule has 144 valence electrons. The minimum absolute atomic E-state index is 0.0598. The number of esters is 1. The molecule has 3 rings (SSSR count). The second-order valence-corrected chi connectivity index (χ2v) is 8.69. The van der Waals surface area contributed by atoms with Crippen LogP contribution in [0.25, 0.3) is 0 Å². The van der Waals surface area contributed by atoms with Crippen molar-refractivity contribution in [3.05, 3.63) is 22.7 Å². The Morgan fingerprint density at radius 1 is 1.46 bits per heavy atom. The Kier molecular flexibility index (Phi) is 5.92. The van der Waals surface area contributed by atoms with Crippen LogP contribution in [0.3, 0.4) is 0 Å². The minimum atomic E-state index is -0.713. The first-order valence-electron chi connectivity index (χ1n) is 9.17. The lowest BCUT2D eigenvalue weighted by molar-refractivity contribution is -0.166. The fraction of sp³-hybridized carbons (Fsp3) is 0.722. The van der Waals surface area contributed by atoms with E-state index in [0.29, 0.717) is 23.5 Å². The highest BCUT2D eigenvalue weighted by molar-refractivity contribution is 8.00. The molecule has 0 aromatic carbocycles. The van der Waals surface area contributed by atoms with Crippen molar-refractivity contribution < 1.29 is 14.3 Å². The summed E-state index contributed by atoms with van der Waals surface area (Å²) in [7, 11) is 0. The van der Waals surface area contributed by atoms with E-state index in [-0.39, 0.29) is 17.9 Å². The molecule has 0 bridgehead atoms. The zero-order valence-corrected chi connectivity index (χ0v) is 16.3. The van der Waals surface area contributed by atoms with E-state index >= 15 is 0 Å². The Labute approximate surface area is 157 Å². The van der Waals surface area contributed by atoms with Crippen molar-refractivity contribution in [1.82, 2.24) is 9.55 Å². The van der Waals surface area contributed by atoms with Crippen molar-refractivity contribution in [2.24, 2.45) is 17.8 Å². The number of rotatable bonds is 4. The number of nitrogen functional groups attached to an aromatic ring is 1. The molecule has 0 radical (unpaired) electrons. The molecule has 8 heteroatoms. The lowest BCUT2D eigenvalue weighted by Crippen LogP contribution is -2.38. The maximum Gasteiger partial charge on any atom is 0.351 e. The van der Waals surface area contributed by atoms with Gasteiger partial charge in [0.25, 0.3) is 0 Å². The summed E-state index contributed by atoms with van der Waals surface area (Å²) in [6.45, 7) is 6.56. The minimum Gasteiger partial charge on any atom is -0.459 e. The van der Waals surface area contributed by atoms with Crippen molar-refractivity contribution >= 4 is 23.5 Å². The van der Waals surface area contributed by atoms with Gasteiger partial charge in [0.15, 0.2) is 0 Å². The molecule has 0 amide bonds. The van der Waals surface area contributed by atoms with Crippen molar-refractivity contribution in [3.63, 3.8) is 0 Å². The topological polar surface area (TPSA) is 96.4 Å². The number of carbonyl (C=O) groups excluding carboxylic acids is 1. The number of thioether (sulfide) groups is 1. The lowest BCUT2D eigenvalue weighted by Gasteiger charge is -2.37. The summed E-state index contributed by atoms with van der Waals surface area (Å²) in [5.74, 6) is 1.73. The third-order valence-corrected chi connectivity index (χ3v) is 6.34. The molecule has 1 aromatic rings. The Morgan fingerprint density at radius 2 is 2.23 bits per heavy atom. The molecule has 2 aliphatic rings. The number of carbonyl (C=O) groups is 1. The highest BCUT2D eigenvalue weighted by Crippen LogP contribution is 2.37. The van der Waals surface area contributed by atoms with Gasteiger partial charge in [0.1, 0.15) is 18.1 Å². The van der Waals surface area contributed by atoms with Crippen LogP contribution in [0.15, 0.2) is 17.1 Å². The molecule has 2 N–H and O–H groups in total. The van der Waals surface area contributed by atoms with E-state index < -0.39 is 17.4 Å². The SMILES string of the molecule is CC(C)[C@@H]1CC[C@@H](C)C[C@H]1OC(=O)[C@@H]1O[C@H]([15n]2ccc(N)[15n][13c]2=O)CS1. The quantitative estimate of drug-likeness (QED) is 0.796. The van der Waals surface area contributed by atoms with E-state index in [1.165, 1.54) is 28.8 Å². The van der Waals surface area contributed by atoms with Crippen LogP contribution in [-0.2, 0) is 14.3 Å². The van der Waals surface area contributed by atoms with Crippen LogP contribution in [0, 0.1) is 17.8 Å². The number of nitrogens with zero attached hydrogens (tertiary/aromatic N) is 2. The first-order valence-corrected chi connectivity index (χ1v) is 10.2. The molecule has 1 aromatic heterocycles. The molecular formula is C18H27N3O4S. The van der Waals surface area contributed by atoms with Gasteiger partial charge < -0.3 is 15.2 Å². The average molecular weight is 384 g/mol. The number of nitrogens with two attached hydrogens (primary N) is 1. The van der Waals surface area contributed by atoms with Crippen LogP contribution >= 0.6 is 11.8 Å². The second kappa shape index (κ2) is 8.00. The molecule has 0 unspecified atom stereocenters. The second-order valence-electron chi connectivity index (χ2n) is 7.60. The monoisotopic (exact) mass is 384 g/mol. The summed E-state index contributed by atoms with van der Waals surface area (Å²) in [6.07, 6.45) is 4.11. The summed E-state index contributed by atoms with van der Waals surface area (Å²) in [6, 6.07) is 1.54. The Balaban J connectivity index is 1.63. The van der Waals surface area contributed by atoms with Crippen LogP contribution < -0.4 is 11.4 Å². The van der Waals surface area contributed by atoms with Crippen molar-refractivity contribution in [1.29, 1.82) is 0 Å². The first-order chi connectivity index (χ1) is 12.3. The summed E-state index contributed by atoms with van der Waals surface area (Å²) in [4.78, 5) is 28.3. The molecule has 0 spiro atoms. The van der Waals surface area contributed by atoms with E-state index in [1.807, 2.05) is 0 Å². The van der Waals surface area contributed by atoms with Gasteiger partial charge in [-0.3, -0.25) is 4.57 Å². The number of hydrogen-bond acceptors (Lipinski definition) is 7. The smallest absolute Gasteiger partial charge is 0.351 e. The predicted molar refractivity (Wildman–Crippen MR) is 101 cm³/mol. The summed E-state index contributed by atoms with van der Waals surface area (Å²) >= 11 is 1.35. The molecule has 5 atom stereocenters. The number of ether oxygens (including phenoxy) is 2. The van der Waals surface area contributed by atoms with Crippen LogP contribution in [0.2, 0.25) is 0 Å². The fourth-order valence-electron chi connectivity index (χ4n) is 3.76. The summed E-state index contributed by atoms with van der Waals surface area (Å²) < 4.78 is 13.0. The molecule has 7 nitrogen and oxygen atoms in total. The summed E-state index contributed by atoms with van der Waals surface area (Å²) in [5.41, 5.74) is 4.32. The molecule has 2 fully saturated rings. The van der Waals surface area contributed by atoms with Crippen LogP contribution in [0.5, 0.6) is 0 Å². The molecular weight excluding hydrogens is 357 g/mol. The van der Waals surface area contributed by atoms with Crippen LogP contribution in [-0.4, -0.2) is 32.8 Å². The summed E-state index contributed by atoms with van der Waals surface area (Å²) in [5, 5.41) is 0. The highest BCUT2D eigenvalue weighted by atomic mass is 32.2. The van der Waals surface area contributed by atoms with Gasteiger partial charge in [0.05, 0.1) is 0 Å². The average Bonchev–Trinajstić information content (AvgIpc) is 3.04. The van der Waals surface area contributed by atoms with Crippen molar-refractivity contribution in [3.8, 4) is 0 Å². The Hall–Kier alpha value is -1.54. The van der Waals surface area contributed by atoms with Gasteiger partial charge in [-0.2, -0.15) is 4.98 Å². The van der Waals surface area contributed by atoms with E-state index in [1.54, 1.807) is 6.20 Å². The molecule has 1 aliphatic heterocycles. The van der Waals surface area contributed by atoms with Gasteiger partial charge in [-0.15, -0.1) is 11.8 Å². The van der Waals surface area contributed by atoms with Crippen LogP contribution in [0.1, 0.15) is 46.3 Å². The van der Waals surface area contributed by atoms with Crippen LogP contribution in [0.4, 0.5) is 5.82 Å². The molecule has 1 saturated heterocycles. The Bertz CT molecular complexity index is 708. The van der Waals surface area contributed by atoms with E-state index in [2.05, 4.69) is 25.8 Å². The van der Waals surface area contributed by atoms with Crippen molar-refractivity contribution in [2.75, 3.05) is 11.5 Å². The first kappa shape index (κ1) is 19.2. The largest absolute Gasteiger partial charge is 0.459 e. The maximum atomic E-state index is 12.6. The number of aromatic nitrogens is 2. The molecule has 2 heterocycles. The zero-order valence-electron chi connectivity index (χ0n) is 15.5. The van der Waals surface area contributed by atoms with Gasteiger partial charge in [0.2, 0.25) is 5.44 Å². The third kappa shape index (κ3) is 4.23. The van der Waals surface area contributed by atoms with Crippen molar-refractivity contribution in [2.45, 2.75) is 57.8 Å². The van der Waals surface area contributed by atoms with E-state index in [4.69, 9.17) is 15.2 Å². The van der Waals surface area contributed by atoms with E-state index in [0.717, 1.165) is 12.8 Å². The lowest BCUT2D eigenvalue weighted by atomic mass is 9.75. The predicted octanol–water partition coefficient (Wildman–Crippen LogP) is 2.42. The van der Waals surface area contributed by atoms with Gasteiger partial charge in [-0.1, -0.05) is 27.2 Å². The number of anilines is 1. The van der Waals surface area contributed by atoms with Gasteiger partial charge in [0, 0.05) is 11.9 Å². The normalized spacial score (nSPS) is 31.9. The van der Waals surface area contributed by atoms with E-state index in [9.17, 15) is 9.59 Å². The standard InChI is InChI=1S/C18H27N3O4S/c1-10(2)12-5-4-11(3)8-13(12)24-16(22)17-25-15(9-26-17)21-7-6-14(19)20-18(21)23/h6-7,10-13,15,17H,4-5,8-9H2,1-3H3,(H2,19,20,23)/t11-,12+,13-,15+,17-/m1/s1/i18+1,20+1,21+1. The van der Waals surface area contributed by atoms with Gasteiger partial charge in [-0.25, -0.2) is 9.59 Å². The van der Waals surface area contributed by atoms with Gasteiger partial charge >= 0.3 is 11.7 Å². The fourth-order valence-corrected chi connectivity index (χ4v) is 4.74. The van der Waals surface area contributed by atoms with Gasteiger partial charge in [-0.05, 0) is 36.7 Å². The Morgan fingerprint density at radius 3 is 2.92 bits per heavy atom. The highest BCUT2D eigenvalue weighted by Gasteiger charge is 2.38. The molecule has 1 aliphatic carbocycles. The molecule has 1 saturated carbocycles.